The first-order chi connectivity index (χ1) is 9.84. The Bertz CT molecular complexity index is 483. The quantitative estimate of drug-likeness (QED) is 0.717. The molecule has 0 saturated carbocycles. The molecule has 6 heteroatoms. The van der Waals surface area contributed by atoms with E-state index in [4.69, 9.17) is 9.84 Å². The highest BCUT2D eigenvalue weighted by atomic mass is 16.5. The highest BCUT2D eigenvalue weighted by Crippen LogP contribution is 2.07. The van der Waals surface area contributed by atoms with Crippen LogP contribution in [0.2, 0.25) is 0 Å². The zero-order chi connectivity index (χ0) is 15.9. The third-order valence-corrected chi connectivity index (χ3v) is 2.86. The van der Waals surface area contributed by atoms with Crippen molar-refractivity contribution in [3.05, 3.63) is 35.4 Å². The molecule has 116 valence electrons. The molecular formula is C15H22N2O4. The molecule has 6 nitrogen and oxygen atoms in total. The number of carboxylic acids is 1. The van der Waals surface area contributed by atoms with Crippen molar-refractivity contribution >= 4 is 12.0 Å². The maximum atomic E-state index is 11.7. The fourth-order valence-corrected chi connectivity index (χ4v) is 1.74. The summed E-state index contributed by atoms with van der Waals surface area (Å²) in [4.78, 5) is 22.4. The first-order valence-corrected chi connectivity index (χ1v) is 6.82. The fourth-order valence-electron chi connectivity index (χ4n) is 1.74. The van der Waals surface area contributed by atoms with Crippen LogP contribution >= 0.6 is 0 Å². The summed E-state index contributed by atoms with van der Waals surface area (Å²) in [5.74, 6) is -0.967. The average molecular weight is 294 g/mol. The number of ether oxygens (including phenoxy) is 1. The molecule has 0 unspecified atom stereocenters. The van der Waals surface area contributed by atoms with Gasteiger partial charge < -0.3 is 20.5 Å². The van der Waals surface area contributed by atoms with Gasteiger partial charge in [0.15, 0.2) is 0 Å². The van der Waals surface area contributed by atoms with E-state index in [0.717, 1.165) is 5.56 Å². The Labute approximate surface area is 124 Å². The molecule has 0 aliphatic rings. The molecule has 1 rings (SSSR count). The second-order valence-electron chi connectivity index (χ2n) is 5.23. The minimum absolute atomic E-state index is 0.224. The van der Waals surface area contributed by atoms with Gasteiger partial charge >= 0.3 is 12.0 Å². The van der Waals surface area contributed by atoms with Gasteiger partial charge in [-0.3, -0.25) is 0 Å². The Kier molecular flexibility index (Phi) is 6.17. The topological polar surface area (TPSA) is 87.7 Å². The van der Waals surface area contributed by atoms with Crippen LogP contribution in [0.25, 0.3) is 0 Å². The molecule has 0 bridgehead atoms. The molecule has 0 saturated heterocycles. The Morgan fingerprint density at radius 1 is 1.19 bits per heavy atom. The van der Waals surface area contributed by atoms with E-state index in [1.54, 1.807) is 12.1 Å². The van der Waals surface area contributed by atoms with Gasteiger partial charge in [0, 0.05) is 19.7 Å². The van der Waals surface area contributed by atoms with E-state index < -0.39 is 11.6 Å². The maximum Gasteiger partial charge on any atom is 0.335 e. The van der Waals surface area contributed by atoms with Crippen LogP contribution in [0.4, 0.5) is 4.79 Å². The lowest BCUT2D eigenvalue weighted by Gasteiger charge is -2.24. The zero-order valence-electron chi connectivity index (χ0n) is 12.6. The second kappa shape index (κ2) is 7.64. The SMILES string of the molecule is CCOC(C)(C)CNC(=O)NCc1ccc(C(=O)O)cc1. The molecule has 0 heterocycles. The molecule has 0 radical (unpaired) electrons. The molecule has 21 heavy (non-hydrogen) atoms. The van der Waals surface area contributed by atoms with Crippen LogP contribution in [-0.4, -0.2) is 35.9 Å². The van der Waals surface area contributed by atoms with Crippen LogP contribution in [-0.2, 0) is 11.3 Å². The molecule has 0 aliphatic carbocycles. The molecule has 0 fully saturated rings. The van der Waals surface area contributed by atoms with Gasteiger partial charge in [0.1, 0.15) is 0 Å². The van der Waals surface area contributed by atoms with Crippen molar-refractivity contribution in [2.45, 2.75) is 32.9 Å². The van der Waals surface area contributed by atoms with E-state index in [1.165, 1.54) is 12.1 Å². The van der Waals surface area contributed by atoms with Crippen LogP contribution in [0, 0.1) is 0 Å². The largest absolute Gasteiger partial charge is 0.478 e. The second-order valence-corrected chi connectivity index (χ2v) is 5.23. The van der Waals surface area contributed by atoms with E-state index in [2.05, 4.69) is 10.6 Å². The summed E-state index contributed by atoms with van der Waals surface area (Å²) in [7, 11) is 0. The van der Waals surface area contributed by atoms with Crippen molar-refractivity contribution in [2.75, 3.05) is 13.2 Å². The lowest BCUT2D eigenvalue weighted by atomic mass is 10.1. The van der Waals surface area contributed by atoms with E-state index in [0.29, 0.717) is 19.7 Å². The summed E-state index contributed by atoms with van der Waals surface area (Å²) < 4.78 is 5.48. The summed E-state index contributed by atoms with van der Waals surface area (Å²) in [5.41, 5.74) is 0.649. The smallest absolute Gasteiger partial charge is 0.335 e. The van der Waals surface area contributed by atoms with Gasteiger partial charge in [-0.2, -0.15) is 0 Å². The minimum Gasteiger partial charge on any atom is -0.478 e. The van der Waals surface area contributed by atoms with Crippen molar-refractivity contribution in [1.82, 2.24) is 10.6 Å². The van der Waals surface area contributed by atoms with Crippen molar-refractivity contribution < 1.29 is 19.4 Å². The number of aromatic carboxylic acids is 1. The highest BCUT2D eigenvalue weighted by Gasteiger charge is 2.18. The summed E-state index contributed by atoms with van der Waals surface area (Å²) in [5, 5.41) is 14.2. The van der Waals surface area contributed by atoms with E-state index >= 15 is 0 Å². The van der Waals surface area contributed by atoms with Crippen molar-refractivity contribution in [1.29, 1.82) is 0 Å². The van der Waals surface area contributed by atoms with Gasteiger partial charge in [0.05, 0.1) is 11.2 Å². The number of nitrogens with one attached hydrogen (secondary N) is 2. The van der Waals surface area contributed by atoms with E-state index in [9.17, 15) is 9.59 Å². The predicted octanol–water partition coefficient (Wildman–Crippen LogP) is 2.00. The van der Waals surface area contributed by atoms with Crippen molar-refractivity contribution in [2.24, 2.45) is 0 Å². The maximum absolute atomic E-state index is 11.7. The molecule has 0 atom stereocenters. The third-order valence-electron chi connectivity index (χ3n) is 2.86. The standard InChI is InChI=1S/C15H22N2O4/c1-4-21-15(2,3)10-17-14(20)16-9-11-5-7-12(8-6-11)13(18)19/h5-8H,4,9-10H2,1-3H3,(H,18,19)(H2,16,17,20). The van der Waals surface area contributed by atoms with Gasteiger partial charge in [-0.15, -0.1) is 0 Å². The van der Waals surface area contributed by atoms with Gasteiger partial charge in [-0.05, 0) is 38.5 Å². The van der Waals surface area contributed by atoms with Crippen molar-refractivity contribution in [3.63, 3.8) is 0 Å². The minimum atomic E-state index is -0.967. The molecular weight excluding hydrogens is 272 g/mol. The van der Waals surface area contributed by atoms with Gasteiger partial charge in [0.25, 0.3) is 0 Å². The molecule has 1 aromatic carbocycles. The predicted molar refractivity (Wildman–Crippen MR) is 79.3 cm³/mol. The Balaban J connectivity index is 2.37. The summed E-state index contributed by atoms with van der Waals surface area (Å²) in [6.45, 7) is 7.04. The number of urea groups is 1. The normalized spacial score (nSPS) is 11.0. The Hall–Kier alpha value is -2.08. The molecule has 0 aromatic heterocycles. The Morgan fingerprint density at radius 2 is 1.81 bits per heavy atom. The first-order valence-electron chi connectivity index (χ1n) is 6.82. The highest BCUT2D eigenvalue weighted by molar-refractivity contribution is 5.87. The number of carbonyl (C=O) groups is 2. The van der Waals surface area contributed by atoms with Crippen LogP contribution in [0.1, 0.15) is 36.7 Å². The number of hydrogen-bond donors (Lipinski definition) is 3. The number of rotatable bonds is 7. The number of carboxylic acid groups (broad SMARTS) is 1. The van der Waals surface area contributed by atoms with Gasteiger partial charge in [-0.1, -0.05) is 12.1 Å². The number of carbonyl (C=O) groups excluding carboxylic acids is 1. The van der Waals surface area contributed by atoms with E-state index in [1.807, 2.05) is 20.8 Å². The Morgan fingerprint density at radius 3 is 2.33 bits per heavy atom. The van der Waals surface area contributed by atoms with Crippen LogP contribution in [0.15, 0.2) is 24.3 Å². The molecule has 0 aliphatic heterocycles. The van der Waals surface area contributed by atoms with Gasteiger partial charge in [0.2, 0.25) is 0 Å². The van der Waals surface area contributed by atoms with Gasteiger partial charge in [-0.25, -0.2) is 9.59 Å². The van der Waals surface area contributed by atoms with Crippen molar-refractivity contribution in [3.8, 4) is 0 Å². The van der Waals surface area contributed by atoms with Crippen LogP contribution < -0.4 is 10.6 Å². The fraction of sp³-hybridized carbons (Fsp3) is 0.467. The average Bonchev–Trinajstić information content (AvgIpc) is 2.43. The lowest BCUT2D eigenvalue weighted by Crippen LogP contribution is -2.44. The van der Waals surface area contributed by atoms with E-state index in [-0.39, 0.29) is 11.6 Å². The summed E-state index contributed by atoms with van der Waals surface area (Å²) in [6.07, 6.45) is 0. The molecule has 0 spiro atoms. The van der Waals surface area contributed by atoms with Crippen LogP contribution in [0.3, 0.4) is 0 Å². The first kappa shape index (κ1) is 17.0. The molecule has 1 aromatic rings. The monoisotopic (exact) mass is 294 g/mol. The number of benzene rings is 1. The number of amides is 2. The van der Waals surface area contributed by atoms with Crippen LogP contribution in [0.5, 0.6) is 0 Å². The summed E-state index contributed by atoms with van der Waals surface area (Å²) in [6, 6.07) is 6.08. The molecule has 2 amide bonds. The number of hydrogen-bond acceptors (Lipinski definition) is 3. The molecule has 3 N–H and O–H groups in total. The lowest BCUT2D eigenvalue weighted by molar-refractivity contribution is -0.00690. The third kappa shape index (κ3) is 6.27. The summed E-state index contributed by atoms with van der Waals surface area (Å²) >= 11 is 0. The zero-order valence-corrected chi connectivity index (χ0v) is 12.6.